The van der Waals surface area contributed by atoms with Crippen LogP contribution in [0, 0.1) is 6.92 Å². The van der Waals surface area contributed by atoms with E-state index in [1.54, 1.807) is 6.26 Å². The van der Waals surface area contributed by atoms with Crippen molar-refractivity contribution in [3.63, 3.8) is 0 Å². The molecule has 2 rings (SSSR count). The lowest BCUT2D eigenvalue weighted by Gasteiger charge is -2.16. The first kappa shape index (κ1) is 11.0. The lowest BCUT2D eigenvalue weighted by Crippen LogP contribution is -2.15. The molecule has 2 aromatic rings. The van der Waals surface area contributed by atoms with Gasteiger partial charge in [0.1, 0.15) is 5.76 Å². The molecule has 2 heterocycles. The summed E-state index contributed by atoms with van der Waals surface area (Å²) in [7, 11) is 2.00. The van der Waals surface area contributed by atoms with Crippen LogP contribution in [0.25, 0.3) is 0 Å². The smallest absolute Gasteiger partial charge is 0.160 e. The fraction of sp³-hybridized carbons (Fsp3) is 0.250. The Bertz CT molecular complexity index is 487. The van der Waals surface area contributed by atoms with Gasteiger partial charge >= 0.3 is 0 Å². The summed E-state index contributed by atoms with van der Waals surface area (Å²) >= 11 is 1.46. The molecule has 0 atom stereocenters. The Hall–Kier alpha value is -1.55. The van der Waals surface area contributed by atoms with Gasteiger partial charge < -0.3 is 9.32 Å². The van der Waals surface area contributed by atoms with Gasteiger partial charge in [0, 0.05) is 30.2 Å². The second-order valence-electron chi connectivity index (χ2n) is 3.68. The zero-order chi connectivity index (χ0) is 11.5. The Labute approximate surface area is 98.3 Å². The first-order valence-electron chi connectivity index (χ1n) is 4.98. The van der Waals surface area contributed by atoms with Crippen molar-refractivity contribution in [1.82, 2.24) is 0 Å². The summed E-state index contributed by atoms with van der Waals surface area (Å²) in [6.45, 7) is 2.74. The number of thiophene rings is 1. The van der Waals surface area contributed by atoms with Crippen LogP contribution in [0.3, 0.4) is 0 Å². The lowest BCUT2D eigenvalue weighted by atomic mass is 10.2. The largest absolute Gasteiger partial charge is 0.469 e. The number of nitrogens with zero attached hydrogens (tertiary/aromatic N) is 1. The van der Waals surface area contributed by atoms with Crippen LogP contribution in [0.1, 0.15) is 21.0 Å². The number of carbonyl (C=O) groups is 1. The summed E-state index contributed by atoms with van der Waals surface area (Å²) in [6.07, 6.45) is 2.58. The third kappa shape index (κ3) is 2.17. The topological polar surface area (TPSA) is 33.5 Å². The van der Waals surface area contributed by atoms with Crippen molar-refractivity contribution in [3.05, 3.63) is 40.0 Å². The number of aryl methyl sites for hydroxylation is 1. The van der Waals surface area contributed by atoms with Crippen LogP contribution in [-0.2, 0) is 6.54 Å². The van der Waals surface area contributed by atoms with Gasteiger partial charge in [0.2, 0.25) is 0 Å². The number of carbonyl (C=O) groups excluding carboxylic acids is 1. The summed E-state index contributed by atoms with van der Waals surface area (Å²) < 4.78 is 5.25. The quantitative estimate of drug-likeness (QED) is 0.763. The van der Waals surface area contributed by atoms with Gasteiger partial charge in [-0.2, -0.15) is 0 Å². The van der Waals surface area contributed by atoms with E-state index in [1.807, 2.05) is 31.5 Å². The zero-order valence-corrected chi connectivity index (χ0v) is 10.1. The van der Waals surface area contributed by atoms with E-state index in [9.17, 15) is 4.79 Å². The molecule has 0 fully saturated rings. The number of aldehydes is 1. The van der Waals surface area contributed by atoms with E-state index >= 15 is 0 Å². The average Bonchev–Trinajstić information content (AvgIpc) is 2.88. The van der Waals surface area contributed by atoms with Crippen molar-refractivity contribution in [2.24, 2.45) is 0 Å². The molecule has 84 valence electrons. The zero-order valence-electron chi connectivity index (χ0n) is 9.27. The Balaban J connectivity index is 2.11. The normalized spacial score (nSPS) is 10.4. The molecule has 0 N–H and O–H groups in total. The molecule has 0 spiro atoms. The van der Waals surface area contributed by atoms with Gasteiger partial charge in [-0.15, -0.1) is 11.3 Å². The molecule has 0 bridgehead atoms. The third-order valence-electron chi connectivity index (χ3n) is 2.54. The molecule has 0 aliphatic heterocycles. The minimum Gasteiger partial charge on any atom is -0.469 e. The van der Waals surface area contributed by atoms with Crippen LogP contribution in [0.15, 0.2) is 28.2 Å². The van der Waals surface area contributed by atoms with Crippen molar-refractivity contribution in [2.75, 3.05) is 11.9 Å². The summed E-state index contributed by atoms with van der Waals surface area (Å²) in [4.78, 5) is 13.4. The van der Waals surface area contributed by atoms with Crippen LogP contribution < -0.4 is 4.90 Å². The first-order valence-corrected chi connectivity index (χ1v) is 5.86. The Morgan fingerprint density at radius 2 is 2.38 bits per heavy atom. The molecule has 16 heavy (non-hydrogen) atoms. The van der Waals surface area contributed by atoms with Crippen LogP contribution in [0.5, 0.6) is 0 Å². The maximum absolute atomic E-state index is 10.6. The second-order valence-corrected chi connectivity index (χ2v) is 4.63. The molecular weight excluding hydrogens is 222 g/mol. The van der Waals surface area contributed by atoms with Gasteiger partial charge in [-0.3, -0.25) is 4.79 Å². The summed E-state index contributed by atoms with van der Waals surface area (Å²) in [5.41, 5.74) is 2.23. The van der Waals surface area contributed by atoms with Gasteiger partial charge in [0.05, 0.1) is 11.1 Å². The van der Waals surface area contributed by atoms with Crippen molar-refractivity contribution < 1.29 is 9.21 Å². The van der Waals surface area contributed by atoms with Crippen LogP contribution in [-0.4, -0.2) is 13.3 Å². The standard InChI is InChI=1S/C12H13NO2S/c1-9-10(3-4-15-9)6-13(2)11-5-12(7-14)16-8-11/h3-5,7-8H,6H2,1-2H3. The van der Waals surface area contributed by atoms with Gasteiger partial charge in [-0.25, -0.2) is 0 Å². The van der Waals surface area contributed by atoms with Gasteiger partial charge in [0.15, 0.2) is 6.29 Å². The Kier molecular flexibility index (Phi) is 3.10. The Morgan fingerprint density at radius 1 is 1.56 bits per heavy atom. The maximum Gasteiger partial charge on any atom is 0.160 e. The highest BCUT2D eigenvalue weighted by atomic mass is 32.1. The maximum atomic E-state index is 10.6. The SMILES string of the molecule is Cc1occc1CN(C)c1csc(C=O)c1. The Morgan fingerprint density at radius 3 is 2.94 bits per heavy atom. The van der Waals surface area contributed by atoms with Crippen molar-refractivity contribution in [1.29, 1.82) is 0 Å². The fourth-order valence-corrected chi connectivity index (χ4v) is 2.28. The van der Waals surface area contributed by atoms with E-state index in [4.69, 9.17) is 4.42 Å². The van der Waals surface area contributed by atoms with Gasteiger partial charge in [-0.05, 0) is 19.1 Å². The summed E-state index contributed by atoms with van der Waals surface area (Å²) in [5.74, 6) is 0.942. The predicted molar refractivity (Wildman–Crippen MR) is 65.3 cm³/mol. The van der Waals surface area contributed by atoms with Gasteiger partial charge in [0.25, 0.3) is 0 Å². The average molecular weight is 235 g/mol. The van der Waals surface area contributed by atoms with E-state index in [2.05, 4.69) is 4.90 Å². The molecule has 0 saturated heterocycles. The van der Waals surface area contributed by atoms with E-state index < -0.39 is 0 Å². The number of furan rings is 1. The molecule has 3 nitrogen and oxygen atoms in total. The molecule has 2 aromatic heterocycles. The van der Waals surface area contributed by atoms with Gasteiger partial charge in [-0.1, -0.05) is 0 Å². The molecule has 4 heteroatoms. The highest BCUT2D eigenvalue weighted by Crippen LogP contribution is 2.23. The van der Waals surface area contributed by atoms with E-state index in [0.29, 0.717) is 0 Å². The van der Waals surface area contributed by atoms with E-state index in [-0.39, 0.29) is 0 Å². The molecular formula is C12H13NO2S. The van der Waals surface area contributed by atoms with Crippen LogP contribution in [0.2, 0.25) is 0 Å². The molecule has 0 aromatic carbocycles. The monoisotopic (exact) mass is 235 g/mol. The summed E-state index contributed by atoms with van der Waals surface area (Å²) in [5, 5.41) is 1.99. The van der Waals surface area contributed by atoms with E-state index in [0.717, 1.165) is 29.2 Å². The number of rotatable bonds is 4. The molecule has 0 radical (unpaired) electrons. The van der Waals surface area contributed by atoms with Crippen LogP contribution in [0.4, 0.5) is 5.69 Å². The number of hydrogen-bond donors (Lipinski definition) is 0. The number of anilines is 1. The highest BCUT2D eigenvalue weighted by Gasteiger charge is 2.08. The first-order chi connectivity index (χ1) is 7.70. The molecule has 0 unspecified atom stereocenters. The fourth-order valence-electron chi connectivity index (χ4n) is 1.53. The molecule has 0 aliphatic rings. The number of hydrogen-bond acceptors (Lipinski definition) is 4. The molecule has 0 amide bonds. The summed E-state index contributed by atoms with van der Waals surface area (Å²) in [6, 6.07) is 3.87. The third-order valence-corrected chi connectivity index (χ3v) is 3.38. The molecule has 0 saturated carbocycles. The lowest BCUT2D eigenvalue weighted by molar-refractivity contribution is 0.112. The van der Waals surface area contributed by atoms with Crippen LogP contribution >= 0.6 is 11.3 Å². The second kappa shape index (κ2) is 4.53. The highest BCUT2D eigenvalue weighted by molar-refractivity contribution is 7.12. The van der Waals surface area contributed by atoms with Crippen molar-refractivity contribution in [3.8, 4) is 0 Å². The minimum absolute atomic E-state index is 0.755. The van der Waals surface area contributed by atoms with Crippen molar-refractivity contribution >= 4 is 23.3 Å². The van der Waals surface area contributed by atoms with Crippen molar-refractivity contribution in [2.45, 2.75) is 13.5 Å². The molecule has 0 aliphatic carbocycles. The minimum atomic E-state index is 0.755. The van der Waals surface area contributed by atoms with E-state index in [1.165, 1.54) is 16.9 Å². The predicted octanol–water partition coefficient (Wildman–Crippen LogP) is 3.10.